The van der Waals surface area contributed by atoms with E-state index in [1.165, 1.54) is 12.1 Å². The molecule has 0 unspecified atom stereocenters. The molecule has 3 rings (SSSR count). The van der Waals surface area contributed by atoms with Gasteiger partial charge >= 0.3 is 15.6 Å². The van der Waals surface area contributed by atoms with Gasteiger partial charge in [0.1, 0.15) is 0 Å². The third-order valence-electron chi connectivity index (χ3n) is 4.32. The highest BCUT2D eigenvalue weighted by Crippen LogP contribution is 2.35. The fraction of sp³-hybridized carbons (Fsp3) is 0.353. The summed E-state index contributed by atoms with van der Waals surface area (Å²) in [5.74, 6) is -0.689. The highest BCUT2D eigenvalue weighted by Gasteiger charge is 2.48. The number of carbonyl (C=O) groups is 1. The van der Waals surface area contributed by atoms with Gasteiger partial charge in [0.25, 0.3) is 5.91 Å². The van der Waals surface area contributed by atoms with Gasteiger partial charge < -0.3 is 9.08 Å². The lowest BCUT2D eigenvalue weighted by Crippen LogP contribution is -2.29. The van der Waals surface area contributed by atoms with Crippen LogP contribution in [0.5, 0.6) is 5.75 Å². The Morgan fingerprint density at radius 3 is 2.38 bits per heavy atom. The summed E-state index contributed by atoms with van der Waals surface area (Å²) < 4.78 is 64.9. The van der Waals surface area contributed by atoms with E-state index in [-0.39, 0.29) is 11.3 Å². The van der Waals surface area contributed by atoms with Crippen molar-refractivity contribution in [3.63, 3.8) is 0 Å². The zero-order valence-electron chi connectivity index (χ0n) is 13.8. The number of aryl methyl sites for hydroxylation is 1. The van der Waals surface area contributed by atoms with E-state index in [4.69, 9.17) is 0 Å². The minimum atomic E-state index is -5.80. The molecule has 0 spiro atoms. The Morgan fingerprint density at radius 1 is 1.12 bits per heavy atom. The standard InChI is InChI=1S/C17H16F3NO4S/c1-11-5-4-6-12-14(25-26(23,24)17(18,19)20)8-7-13(15(11)12)16(22)21-9-2-3-10-21/h4-8H,2-3,9-10H2,1H3. The third kappa shape index (κ3) is 3.23. The number of nitrogens with zero attached hydrogens (tertiary/aromatic N) is 1. The number of carbonyl (C=O) groups excluding carboxylic acids is 1. The molecule has 1 aliphatic heterocycles. The van der Waals surface area contributed by atoms with E-state index in [0.29, 0.717) is 29.6 Å². The first-order valence-corrected chi connectivity index (χ1v) is 9.35. The van der Waals surface area contributed by atoms with Crippen molar-refractivity contribution in [1.29, 1.82) is 0 Å². The number of halogens is 3. The van der Waals surface area contributed by atoms with Crippen LogP contribution in [0.25, 0.3) is 10.8 Å². The summed E-state index contributed by atoms with van der Waals surface area (Å²) in [6.07, 6.45) is 1.79. The Bertz CT molecular complexity index is 964. The molecule has 0 bridgehead atoms. The second kappa shape index (κ2) is 6.46. The molecule has 1 amide bonds. The number of hydrogen-bond donors (Lipinski definition) is 0. The number of amides is 1. The SMILES string of the molecule is Cc1cccc2c(OS(=O)(=O)C(F)(F)F)ccc(C(=O)N3CCCC3)c12. The summed E-state index contributed by atoms with van der Waals surface area (Å²) in [7, 11) is -5.80. The average molecular weight is 387 g/mol. The maximum atomic E-state index is 12.8. The van der Waals surface area contributed by atoms with Gasteiger partial charge in [0, 0.05) is 29.4 Å². The number of alkyl halides is 3. The quantitative estimate of drug-likeness (QED) is 0.596. The predicted molar refractivity (Wildman–Crippen MR) is 89.4 cm³/mol. The first kappa shape index (κ1) is 18.5. The van der Waals surface area contributed by atoms with Crippen LogP contribution >= 0.6 is 0 Å². The summed E-state index contributed by atoms with van der Waals surface area (Å²) in [6, 6.07) is 7.11. The molecule has 2 aromatic rings. The molecule has 0 radical (unpaired) electrons. The van der Waals surface area contributed by atoms with Crippen LogP contribution in [0, 0.1) is 6.92 Å². The number of likely N-dealkylation sites (tertiary alicyclic amines) is 1. The third-order valence-corrected chi connectivity index (χ3v) is 5.28. The van der Waals surface area contributed by atoms with Crippen LogP contribution in [0.15, 0.2) is 30.3 Å². The highest BCUT2D eigenvalue weighted by atomic mass is 32.2. The van der Waals surface area contributed by atoms with Crippen molar-refractivity contribution in [2.75, 3.05) is 13.1 Å². The van der Waals surface area contributed by atoms with Crippen LogP contribution < -0.4 is 4.18 Å². The van der Waals surface area contributed by atoms with E-state index in [1.54, 1.807) is 24.0 Å². The Morgan fingerprint density at radius 2 is 1.77 bits per heavy atom. The van der Waals surface area contributed by atoms with Gasteiger partial charge in [0.05, 0.1) is 0 Å². The van der Waals surface area contributed by atoms with Crippen molar-refractivity contribution in [2.45, 2.75) is 25.3 Å². The normalized spacial score (nSPS) is 15.5. The van der Waals surface area contributed by atoms with Gasteiger partial charge in [-0.2, -0.15) is 21.6 Å². The van der Waals surface area contributed by atoms with Gasteiger partial charge in [0.15, 0.2) is 5.75 Å². The monoisotopic (exact) mass is 387 g/mol. The maximum absolute atomic E-state index is 12.8. The molecule has 26 heavy (non-hydrogen) atoms. The van der Waals surface area contributed by atoms with E-state index in [1.807, 2.05) is 0 Å². The van der Waals surface area contributed by atoms with Crippen LogP contribution in [0.1, 0.15) is 28.8 Å². The van der Waals surface area contributed by atoms with Gasteiger partial charge in [-0.25, -0.2) is 0 Å². The second-order valence-electron chi connectivity index (χ2n) is 6.09. The highest BCUT2D eigenvalue weighted by molar-refractivity contribution is 7.88. The van der Waals surface area contributed by atoms with Gasteiger partial charge in [-0.1, -0.05) is 18.2 Å². The minimum absolute atomic E-state index is 0.142. The molecule has 0 aliphatic carbocycles. The van der Waals surface area contributed by atoms with Gasteiger partial charge in [-0.05, 0) is 37.5 Å². The minimum Gasteiger partial charge on any atom is -0.375 e. The molecule has 0 N–H and O–H groups in total. The van der Waals surface area contributed by atoms with E-state index in [9.17, 15) is 26.4 Å². The van der Waals surface area contributed by atoms with E-state index in [2.05, 4.69) is 4.18 Å². The summed E-state index contributed by atoms with van der Waals surface area (Å²) in [5, 5.41) is 0.530. The lowest BCUT2D eigenvalue weighted by Gasteiger charge is -2.19. The van der Waals surface area contributed by atoms with E-state index < -0.39 is 21.4 Å². The summed E-state index contributed by atoms with van der Waals surface area (Å²) in [6.45, 7) is 2.94. The molecule has 0 saturated carbocycles. The zero-order chi connectivity index (χ0) is 19.1. The first-order chi connectivity index (χ1) is 12.1. The van der Waals surface area contributed by atoms with E-state index >= 15 is 0 Å². The van der Waals surface area contributed by atoms with Crippen molar-refractivity contribution in [3.8, 4) is 5.75 Å². The Kier molecular flexibility index (Phi) is 4.60. The van der Waals surface area contributed by atoms with Crippen molar-refractivity contribution in [1.82, 2.24) is 4.90 Å². The zero-order valence-corrected chi connectivity index (χ0v) is 14.7. The van der Waals surface area contributed by atoms with Crippen LogP contribution in [-0.2, 0) is 10.1 Å². The topological polar surface area (TPSA) is 63.7 Å². The number of fused-ring (bicyclic) bond motifs is 1. The molecule has 0 aromatic heterocycles. The molecular weight excluding hydrogens is 371 g/mol. The number of benzene rings is 2. The first-order valence-electron chi connectivity index (χ1n) is 7.94. The summed E-state index contributed by atoms with van der Waals surface area (Å²) in [4.78, 5) is 14.4. The molecular formula is C17H16F3NO4S. The fourth-order valence-electron chi connectivity index (χ4n) is 3.07. The van der Waals surface area contributed by atoms with Gasteiger partial charge in [-0.15, -0.1) is 0 Å². The van der Waals surface area contributed by atoms with Crippen molar-refractivity contribution < 1.29 is 30.6 Å². The number of hydrogen-bond acceptors (Lipinski definition) is 4. The van der Waals surface area contributed by atoms with Crippen LogP contribution in [0.2, 0.25) is 0 Å². The molecule has 9 heteroatoms. The smallest absolute Gasteiger partial charge is 0.375 e. The average Bonchev–Trinajstić information content (AvgIpc) is 3.08. The molecule has 1 heterocycles. The van der Waals surface area contributed by atoms with Crippen LogP contribution in [0.3, 0.4) is 0 Å². The van der Waals surface area contributed by atoms with Crippen LogP contribution in [-0.4, -0.2) is 37.8 Å². The maximum Gasteiger partial charge on any atom is 0.534 e. The Labute approximate surface area is 148 Å². The van der Waals surface area contributed by atoms with Crippen molar-refractivity contribution in [2.24, 2.45) is 0 Å². The van der Waals surface area contributed by atoms with Crippen molar-refractivity contribution >= 4 is 26.8 Å². The summed E-state index contributed by atoms with van der Waals surface area (Å²) >= 11 is 0. The van der Waals surface area contributed by atoms with E-state index in [0.717, 1.165) is 18.9 Å². The molecule has 1 saturated heterocycles. The Hall–Kier alpha value is -2.29. The van der Waals surface area contributed by atoms with Crippen molar-refractivity contribution in [3.05, 3.63) is 41.5 Å². The second-order valence-corrected chi connectivity index (χ2v) is 7.63. The molecule has 1 fully saturated rings. The largest absolute Gasteiger partial charge is 0.534 e. The molecule has 1 aliphatic rings. The molecule has 140 valence electrons. The molecule has 0 atom stereocenters. The summed E-state index contributed by atoms with van der Waals surface area (Å²) in [5.41, 5.74) is -4.58. The van der Waals surface area contributed by atoms with Gasteiger partial charge in [-0.3, -0.25) is 4.79 Å². The number of rotatable bonds is 3. The van der Waals surface area contributed by atoms with Crippen LogP contribution in [0.4, 0.5) is 13.2 Å². The molecule has 5 nitrogen and oxygen atoms in total. The predicted octanol–water partition coefficient (Wildman–Crippen LogP) is 3.61. The Balaban J connectivity index is 2.13. The lowest BCUT2D eigenvalue weighted by molar-refractivity contribution is -0.0499. The lowest BCUT2D eigenvalue weighted by atomic mass is 9.98. The van der Waals surface area contributed by atoms with Gasteiger partial charge in [0.2, 0.25) is 0 Å². The fourth-order valence-corrected chi connectivity index (χ4v) is 3.55. The molecule has 2 aromatic carbocycles.